The second kappa shape index (κ2) is 7.51. The SMILES string of the molecule is CCCCNc1nnc(SCn2nnc3ccccc3c2=O)s1. The van der Waals surface area contributed by atoms with Crippen molar-refractivity contribution in [2.75, 3.05) is 11.9 Å². The molecule has 1 aromatic carbocycles. The molecule has 2 heterocycles. The molecule has 3 aromatic rings. The maximum absolute atomic E-state index is 12.3. The number of nitrogens with zero attached hydrogens (tertiary/aromatic N) is 5. The highest BCUT2D eigenvalue weighted by Gasteiger charge is 2.08. The van der Waals surface area contributed by atoms with Crippen LogP contribution in [-0.4, -0.2) is 31.7 Å². The van der Waals surface area contributed by atoms with Gasteiger partial charge in [0, 0.05) is 6.54 Å². The lowest BCUT2D eigenvalue weighted by Gasteiger charge is -2.02. The van der Waals surface area contributed by atoms with E-state index in [9.17, 15) is 4.79 Å². The van der Waals surface area contributed by atoms with Gasteiger partial charge < -0.3 is 5.32 Å². The van der Waals surface area contributed by atoms with Gasteiger partial charge in [0.25, 0.3) is 5.56 Å². The molecule has 0 spiro atoms. The van der Waals surface area contributed by atoms with Gasteiger partial charge in [-0.05, 0) is 18.6 Å². The van der Waals surface area contributed by atoms with Crippen LogP contribution in [0, 0.1) is 0 Å². The van der Waals surface area contributed by atoms with Crippen LogP contribution in [0.4, 0.5) is 5.13 Å². The Bertz CT molecular complexity index is 846. The number of anilines is 1. The lowest BCUT2D eigenvalue weighted by molar-refractivity contribution is 0.644. The highest BCUT2D eigenvalue weighted by Crippen LogP contribution is 2.26. The maximum atomic E-state index is 12.3. The molecule has 23 heavy (non-hydrogen) atoms. The predicted molar refractivity (Wildman–Crippen MR) is 93.0 cm³/mol. The third-order valence-electron chi connectivity index (χ3n) is 3.15. The van der Waals surface area contributed by atoms with Gasteiger partial charge in [-0.1, -0.05) is 53.8 Å². The van der Waals surface area contributed by atoms with Gasteiger partial charge in [-0.25, -0.2) is 0 Å². The number of nitrogens with one attached hydrogen (secondary N) is 1. The number of thioether (sulfide) groups is 1. The summed E-state index contributed by atoms with van der Waals surface area (Å²) < 4.78 is 2.14. The fraction of sp³-hybridized carbons (Fsp3) is 0.357. The molecule has 0 bridgehead atoms. The maximum Gasteiger partial charge on any atom is 0.278 e. The second-order valence-corrected chi connectivity index (χ2v) is 7.01. The third-order valence-corrected chi connectivity index (χ3v) is 5.13. The number of aromatic nitrogens is 5. The van der Waals surface area contributed by atoms with E-state index in [0.717, 1.165) is 28.9 Å². The molecule has 120 valence electrons. The van der Waals surface area contributed by atoms with Crippen molar-refractivity contribution in [2.24, 2.45) is 0 Å². The lowest BCUT2D eigenvalue weighted by atomic mass is 10.2. The Labute approximate surface area is 141 Å². The van der Waals surface area contributed by atoms with Crippen LogP contribution in [-0.2, 0) is 5.88 Å². The summed E-state index contributed by atoms with van der Waals surface area (Å²) in [5.41, 5.74) is 0.464. The van der Waals surface area contributed by atoms with Crippen LogP contribution < -0.4 is 10.9 Å². The molecule has 2 aromatic heterocycles. The molecule has 0 atom stereocenters. The lowest BCUT2D eigenvalue weighted by Crippen LogP contribution is -2.23. The zero-order valence-corrected chi connectivity index (χ0v) is 14.2. The predicted octanol–water partition coefficient (Wildman–Crippen LogP) is 2.60. The number of hydrogen-bond donors (Lipinski definition) is 1. The molecule has 0 aliphatic carbocycles. The molecule has 0 saturated carbocycles. The van der Waals surface area contributed by atoms with E-state index >= 15 is 0 Å². The average Bonchev–Trinajstić information content (AvgIpc) is 3.03. The Kier molecular flexibility index (Phi) is 5.19. The Morgan fingerprint density at radius 3 is 3.00 bits per heavy atom. The minimum absolute atomic E-state index is 0.145. The molecule has 9 heteroatoms. The standard InChI is InChI=1S/C14H16N6OS2/c1-2-3-8-15-13-17-18-14(23-13)22-9-20-12(21)10-6-4-5-7-11(10)16-19-20/h4-7H,2-3,8-9H2,1H3,(H,15,17). The number of rotatable bonds is 7. The molecule has 0 amide bonds. The van der Waals surface area contributed by atoms with E-state index in [1.165, 1.54) is 27.8 Å². The first-order valence-corrected chi connectivity index (χ1v) is 9.11. The van der Waals surface area contributed by atoms with E-state index in [1.54, 1.807) is 12.1 Å². The van der Waals surface area contributed by atoms with E-state index in [2.05, 4.69) is 32.7 Å². The molecule has 1 N–H and O–H groups in total. The quantitative estimate of drug-likeness (QED) is 0.519. The van der Waals surface area contributed by atoms with Gasteiger partial charge in [0.2, 0.25) is 5.13 Å². The molecule has 0 fully saturated rings. The van der Waals surface area contributed by atoms with E-state index in [0.29, 0.717) is 16.8 Å². The minimum atomic E-state index is -0.145. The zero-order chi connectivity index (χ0) is 16.1. The summed E-state index contributed by atoms with van der Waals surface area (Å²) in [6, 6.07) is 7.19. The fourth-order valence-corrected chi connectivity index (χ4v) is 3.57. The highest BCUT2D eigenvalue weighted by molar-refractivity contribution is 8.00. The fourth-order valence-electron chi connectivity index (χ4n) is 1.94. The summed E-state index contributed by atoms with van der Waals surface area (Å²) in [5.74, 6) is 0.361. The normalized spacial score (nSPS) is 11.0. The Morgan fingerprint density at radius 2 is 2.13 bits per heavy atom. The van der Waals surface area contributed by atoms with Gasteiger partial charge in [0.1, 0.15) is 5.52 Å². The van der Waals surface area contributed by atoms with Crippen LogP contribution in [0.25, 0.3) is 10.9 Å². The van der Waals surface area contributed by atoms with Crippen LogP contribution >= 0.6 is 23.1 Å². The first kappa shape index (κ1) is 15.9. The van der Waals surface area contributed by atoms with Crippen molar-refractivity contribution >= 4 is 39.1 Å². The molecule has 3 rings (SSSR count). The third kappa shape index (κ3) is 3.85. The number of benzene rings is 1. The van der Waals surface area contributed by atoms with Crippen molar-refractivity contribution < 1.29 is 0 Å². The summed E-state index contributed by atoms with van der Waals surface area (Å²) in [6.07, 6.45) is 2.24. The van der Waals surface area contributed by atoms with Gasteiger partial charge >= 0.3 is 0 Å². The number of unbranched alkanes of at least 4 members (excludes halogenated alkanes) is 1. The highest BCUT2D eigenvalue weighted by atomic mass is 32.2. The largest absolute Gasteiger partial charge is 0.360 e. The van der Waals surface area contributed by atoms with Gasteiger partial charge in [-0.15, -0.1) is 15.3 Å². The molecule has 0 radical (unpaired) electrons. The molecule has 0 aliphatic rings. The monoisotopic (exact) mass is 348 g/mol. The van der Waals surface area contributed by atoms with E-state index in [1.807, 2.05) is 12.1 Å². The van der Waals surface area contributed by atoms with E-state index < -0.39 is 0 Å². The Hall–Kier alpha value is -2.00. The van der Waals surface area contributed by atoms with Crippen molar-refractivity contribution in [3.05, 3.63) is 34.6 Å². The van der Waals surface area contributed by atoms with Gasteiger partial charge in [-0.3, -0.25) is 4.79 Å². The van der Waals surface area contributed by atoms with Crippen LogP contribution in [0.1, 0.15) is 19.8 Å². The van der Waals surface area contributed by atoms with Crippen molar-refractivity contribution in [1.82, 2.24) is 25.2 Å². The Balaban J connectivity index is 1.67. The number of hydrogen-bond acceptors (Lipinski definition) is 8. The van der Waals surface area contributed by atoms with Crippen molar-refractivity contribution in [2.45, 2.75) is 30.0 Å². The molecule has 0 saturated heterocycles. The van der Waals surface area contributed by atoms with Crippen LogP contribution in [0.3, 0.4) is 0 Å². The van der Waals surface area contributed by atoms with E-state index in [4.69, 9.17) is 0 Å². The van der Waals surface area contributed by atoms with Gasteiger partial charge in [-0.2, -0.15) is 4.68 Å². The molecular weight excluding hydrogens is 332 g/mol. The van der Waals surface area contributed by atoms with Crippen LogP contribution in [0.15, 0.2) is 33.4 Å². The minimum Gasteiger partial charge on any atom is -0.360 e. The van der Waals surface area contributed by atoms with Crippen LogP contribution in [0.2, 0.25) is 0 Å². The summed E-state index contributed by atoms with van der Waals surface area (Å²) in [7, 11) is 0. The van der Waals surface area contributed by atoms with Gasteiger partial charge in [0.05, 0.1) is 11.3 Å². The zero-order valence-electron chi connectivity index (χ0n) is 12.6. The van der Waals surface area contributed by atoms with Crippen LogP contribution in [0.5, 0.6) is 0 Å². The first-order valence-electron chi connectivity index (χ1n) is 7.30. The summed E-state index contributed by atoms with van der Waals surface area (Å²) in [5, 5.41) is 20.8. The smallest absolute Gasteiger partial charge is 0.278 e. The van der Waals surface area contributed by atoms with Gasteiger partial charge in [0.15, 0.2) is 4.34 Å². The molecule has 0 unspecified atom stereocenters. The van der Waals surface area contributed by atoms with Crippen molar-refractivity contribution in [3.8, 4) is 0 Å². The second-order valence-electron chi connectivity index (χ2n) is 4.84. The first-order chi connectivity index (χ1) is 11.3. The summed E-state index contributed by atoms with van der Waals surface area (Å²) >= 11 is 2.90. The number of fused-ring (bicyclic) bond motifs is 1. The average molecular weight is 348 g/mol. The van der Waals surface area contributed by atoms with Crippen molar-refractivity contribution in [3.63, 3.8) is 0 Å². The Morgan fingerprint density at radius 1 is 1.26 bits per heavy atom. The topological polar surface area (TPSA) is 85.6 Å². The molecular formula is C14H16N6OS2. The molecule has 0 aliphatic heterocycles. The molecule has 7 nitrogen and oxygen atoms in total. The van der Waals surface area contributed by atoms with Crippen molar-refractivity contribution in [1.29, 1.82) is 0 Å². The van der Waals surface area contributed by atoms with E-state index in [-0.39, 0.29) is 5.56 Å². The summed E-state index contributed by atoms with van der Waals surface area (Å²) in [4.78, 5) is 12.3. The summed E-state index contributed by atoms with van der Waals surface area (Å²) in [6.45, 7) is 3.04.